The van der Waals surface area contributed by atoms with Crippen LogP contribution in [0.2, 0.25) is 0 Å². The van der Waals surface area contributed by atoms with Crippen LogP contribution in [0.25, 0.3) is 0 Å². The van der Waals surface area contributed by atoms with Crippen LogP contribution in [0.4, 0.5) is 5.69 Å². The molecule has 2 rings (SSSR count). The molecule has 4 nitrogen and oxygen atoms in total. The molecule has 0 atom stereocenters. The molecule has 5 heteroatoms. The number of hydrogen-bond donors (Lipinski definition) is 2. The van der Waals surface area contributed by atoms with Crippen LogP contribution >= 0.6 is 11.8 Å². The molecule has 18 heavy (non-hydrogen) atoms. The van der Waals surface area contributed by atoms with E-state index < -0.39 is 0 Å². The maximum Gasteiger partial charge on any atom is 0.234 e. The van der Waals surface area contributed by atoms with Crippen LogP contribution in [0.1, 0.15) is 11.1 Å². The highest BCUT2D eigenvalue weighted by Gasteiger charge is 2.03. The van der Waals surface area contributed by atoms with Crippen molar-refractivity contribution in [2.45, 2.75) is 12.7 Å². The molecule has 1 aromatic carbocycles. The second kappa shape index (κ2) is 6.26. The zero-order valence-electron chi connectivity index (χ0n) is 10.1. The molecule has 0 radical (unpaired) electrons. The van der Waals surface area contributed by atoms with Gasteiger partial charge in [0.15, 0.2) is 0 Å². The van der Waals surface area contributed by atoms with Gasteiger partial charge in [-0.3, -0.25) is 9.89 Å². The van der Waals surface area contributed by atoms with Crippen LogP contribution in [0.5, 0.6) is 0 Å². The van der Waals surface area contributed by atoms with E-state index in [0.29, 0.717) is 11.4 Å². The summed E-state index contributed by atoms with van der Waals surface area (Å²) in [5, 5.41) is 9.18. The van der Waals surface area contributed by atoms with Crippen molar-refractivity contribution >= 4 is 23.4 Å². The monoisotopic (exact) mass is 261 g/mol. The fourth-order valence-corrected chi connectivity index (χ4v) is 2.35. The van der Waals surface area contributed by atoms with E-state index in [4.69, 9.17) is 0 Å². The number of thioether (sulfide) groups is 1. The lowest BCUT2D eigenvalue weighted by Gasteiger charge is -2.03. The first kappa shape index (κ1) is 12.7. The van der Waals surface area contributed by atoms with Crippen molar-refractivity contribution < 1.29 is 4.79 Å². The fraction of sp³-hybridized carbons (Fsp3) is 0.231. The summed E-state index contributed by atoms with van der Waals surface area (Å²) < 4.78 is 0. The number of nitrogens with one attached hydrogen (secondary N) is 2. The Bertz CT molecular complexity index is 511. The molecule has 0 fully saturated rings. The van der Waals surface area contributed by atoms with Crippen molar-refractivity contribution in [2.75, 3.05) is 11.1 Å². The number of carbonyl (C=O) groups is 1. The molecule has 1 heterocycles. The number of carbonyl (C=O) groups excluding carboxylic acids is 1. The molecular weight excluding hydrogens is 246 g/mol. The SMILES string of the molecule is Cc1cccc(CSCC(=O)Nc2cn[nH]c2)c1. The first-order chi connectivity index (χ1) is 8.74. The molecule has 0 unspecified atom stereocenters. The minimum absolute atomic E-state index is 0.00551. The van der Waals surface area contributed by atoms with Crippen molar-refractivity contribution in [1.29, 1.82) is 0 Å². The van der Waals surface area contributed by atoms with Gasteiger partial charge in [-0.1, -0.05) is 29.8 Å². The average molecular weight is 261 g/mol. The van der Waals surface area contributed by atoms with Crippen LogP contribution < -0.4 is 5.32 Å². The van der Waals surface area contributed by atoms with E-state index in [1.807, 2.05) is 6.07 Å². The first-order valence-electron chi connectivity index (χ1n) is 5.66. The molecule has 0 saturated heterocycles. The predicted octanol–water partition coefficient (Wildman–Crippen LogP) is 2.59. The third-order valence-electron chi connectivity index (χ3n) is 2.37. The number of aromatic amines is 1. The molecule has 94 valence electrons. The van der Waals surface area contributed by atoms with Crippen LogP contribution in [-0.2, 0) is 10.5 Å². The van der Waals surface area contributed by atoms with Crippen molar-refractivity contribution in [3.8, 4) is 0 Å². The van der Waals surface area contributed by atoms with Gasteiger partial charge in [0.2, 0.25) is 5.91 Å². The standard InChI is InChI=1S/C13H15N3OS/c1-10-3-2-4-11(5-10)8-18-9-13(17)16-12-6-14-15-7-12/h2-7H,8-9H2,1H3,(H,14,15)(H,16,17). The van der Waals surface area contributed by atoms with Gasteiger partial charge in [0, 0.05) is 11.9 Å². The molecule has 0 spiro atoms. The van der Waals surface area contributed by atoms with E-state index >= 15 is 0 Å². The number of aryl methyl sites for hydroxylation is 1. The van der Waals surface area contributed by atoms with E-state index in [2.05, 4.69) is 40.6 Å². The minimum atomic E-state index is -0.00551. The normalized spacial score (nSPS) is 10.3. The second-order valence-corrected chi connectivity index (χ2v) is 5.00. The molecule has 1 aromatic heterocycles. The summed E-state index contributed by atoms with van der Waals surface area (Å²) in [7, 11) is 0. The molecule has 0 bridgehead atoms. The molecule has 1 amide bonds. The largest absolute Gasteiger partial charge is 0.323 e. The highest BCUT2D eigenvalue weighted by molar-refractivity contribution is 7.99. The maximum absolute atomic E-state index is 11.6. The Morgan fingerprint density at radius 1 is 1.50 bits per heavy atom. The van der Waals surface area contributed by atoms with Gasteiger partial charge in [-0.15, -0.1) is 11.8 Å². The van der Waals surface area contributed by atoms with Gasteiger partial charge in [0.05, 0.1) is 17.6 Å². The van der Waals surface area contributed by atoms with Gasteiger partial charge in [0.25, 0.3) is 0 Å². The topological polar surface area (TPSA) is 57.8 Å². The highest BCUT2D eigenvalue weighted by Crippen LogP contribution is 2.14. The van der Waals surface area contributed by atoms with Crippen LogP contribution in [0.15, 0.2) is 36.7 Å². The van der Waals surface area contributed by atoms with Gasteiger partial charge in [-0.05, 0) is 12.5 Å². The lowest BCUT2D eigenvalue weighted by Crippen LogP contribution is -2.13. The van der Waals surface area contributed by atoms with E-state index in [9.17, 15) is 4.79 Å². The predicted molar refractivity (Wildman–Crippen MR) is 74.6 cm³/mol. The molecule has 0 saturated carbocycles. The zero-order valence-corrected chi connectivity index (χ0v) is 11.0. The number of amides is 1. The first-order valence-corrected chi connectivity index (χ1v) is 6.81. The Morgan fingerprint density at radius 2 is 2.39 bits per heavy atom. The van der Waals surface area contributed by atoms with Gasteiger partial charge in [-0.25, -0.2) is 0 Å². The summed E-state index contributed by atoms with van der Waals surface area (Å²) in [5.74, 6) is 1.29. The number of nitrogens with zero attached hydrogens (tertiary/aromatic N) is 1. The van der Waals surface area contributed by atoms with E-state index in [0.717, 1.165) is 5.75 Å². The molecule has 0 aliphatic heterocycles. The summed E-state index contributed by atoms with van der Waals surface area (Å²) in [4.78, 5) is 11.6. The number of benzene rings is 1. The summed E-state index contributed by atoms with van der Waals surface area (Å²) in [5.41, 5.74) is 3.20. The second-order valence-electron chi connectivity index (χ2n) is 4.02. The third kappa shape index (κ3) is 3.92. The Balaban J connectivity index is 1.73. The van der Waals surface area contributed by atoms with Crippen molar-refractivity contribution in [3.63, 3.8) is 0 Å². The van der Waals surface area contributed by atoms with E-state index in [1.54, 1.807) is 24.2 Å². The quantitative estimate of drug-likeness (QED) is 0.869. The van der Waals surface area contributed by atoms with Crippen molar-refractivity contribution in [3.05, 3.63) is 47.8 Å². The average Bonchev–Trinajstić information content (AvgIpc) is 2.82. The van der Waals surface area contributed by atoms with Gasteiger partial charge >= 0.3 is 0 Å². The van der Waals surface area contributed by atoms with E-state index in [1.165, 1.54) is 11.1 Å². The maximum atomic E-state index is 11.6. The van der Waals surface area contributed by atoms with Gasteiger partial charge < -0.3 is 5.32 Å². The number of anilines is 1. The molecular formula is C13H15N3OS. The van der Waals surface area contributed by atoms with Crippen molar-refractivity contribution in [2.24, 2.45) is 0 Å². The van der Waals surface area contributed by atoms with E-state index in [-0.39, 0.29) is 5.91 Å². The summed E-state index contributed by atoms with van der Waals surface area (Å²) in [6, 6.07) is 8.32. The Morgan fingerprint density at radius 3 is 3.11 bits per heavy atom. The lowest BCUT2D eigenvalue weighted by molar-refractivity contribution is -0.113. The van der Waals surface area contributed by atoms with Crippen molar-refractivity contribution in [1.82, 2.24) is 10.2 Å². The van der Waals surface area contributed by atoms with Gasteiger partial charge in [0.1, 0.15) is 0 Å². The highest BCUT2D eigenvalue weighted by atomic mass is 32.2. The Labute approximate surface area is 110 Å². The lowest BCUT2D eigenvalue weighted by atomic mass is 10.2. The summed E-state index contributed by atoms with van der Waals surface area (Å²) in [6.07, 6.45) is 3.24. The third-order valence-corrected chi connectivity index (χ3v) is 3.37. The Kier molecular flexibility index (Phi) is 4.41. The number of rotatable bonds is 5. The molecule has 0 aliphatic carbocycles. The Hall–Kier alpha value is -1.75. The molecule has 2 aromatic rings. The summed E-state index contributed by atoms with van der Waals surface area (Å²) >= 11 is 1.60. The molecule has 2 N–H and O–H groups in total. The van der Waals surface area contributed by atoms with Gasteiger partial charge in [-0.2, -0.15) is 5.10 Å². The molecule has 0 aliphatic rings. The van der Waals surface area contributed by atoms with Crippen LogP contribution in [-0.4, -0.2) is 21.9 Å². The summed E-state index contributed by atoms with van der Waals surface area (Å²) in [6.45, 7) is 2.07. The van der Waals surface area contributed by atoms with Crippen LogP contribution in [0, 0.1) is 6.92 Å². The zero-order chi connectivity index (χ0) is 12.8. The minimum Gasteiger partial charge on any atom is -0.323 e. The number of H-pyrrole nitrogens is 1. The van der Waals surface area contributed by atoms with Crippen LogP contribution in [0.3, 0.4) is 0 Å². The number of aromatic nitrogens is 2. The smallest absolute Gasteiger partial charge is 0.234 e. The fourth-order valence-electron chi connectivity index (χ4n) is 1.58. The number of hydrogen-bond acceptors (Lipinski definition) is 3.